The summed E-state index contributed by atoms with van der Waals surface area (Å²) in [6, 6.07) is 12.7. The van der Waals surface area contributed by atoms with Crippen molar-refractivity contribution in [2.45, 2.75) is 46.3 Å². The van der Waals surface area contributed by atoms with Crippen LogP contribution in [0.25, 0.3) is 0 Å². The van der Waals surface area contributed by atoms with Gasteiger partial charge in [-0.1, -0.05) is 29.8 Å². The number of amides is 1. The summed E-state index contributed by atoms with van der Waals surface area (Å²) in [7, 11) is -3.49. The summed E-state index contributed by atoms with van der Waals surface area (Å²) in [6.07, 6.45) is 1.88. The molecule has 0 fully saturated rings. The largest absolute Gasteiger partial charge is 0.491 e. The fraction of sp³-hybridized carbons (Fsp3) is 0.409. The van der Waals surface area contributed by atoms with E-state index in [1.807, 2.05) is 38.1 Å². The summed E-state index contributed by atoms with van der Waals surface area (Å²) < 4.78 is 31.4. The summed E-state index contributed by atoms with van der Waals surface area (Å²) in [5.41, 5.74) is 2.19. The smallest absolute Gasteiger partial charge is 0.232 e. The van der Waals surface area contributed by atoms with Crippen LogP contribution in [0.2, 0.25) is 5.02 Å². The van der Waals surface area contributed by atoms with Crippen LogP contribution in [0.3, 0.4) is 0 Å². The van der Waals surface area contributed by atoms with Crippen molar-refractivity contribution in [1.29, 1.82) is 0 Å². The zero-order valence-corrected chi connectivity index (χ0v) is 19.4. The molecule has 0 unspecified atom stereocenters. The number of carbonyl (C=O) groups excluding carboxylic acids is 1. The first kappa shape index (κ1) is 24.0. The standard InChI is InChI=1S/C22H29ClN2O4S/c1-16(2)29-19-12-10-18(11-13-19)15-24-22(26)9-6-14-25(30(4,27)28)21-8-5-7-20(23)17(21)3/h5,7-8,10-13,16H,6,9,14-15H2,1-4H3,(H,24,26). The molecule has 0 aliphatic heterocycles. The molecule has 0 saturated carbocycles. The van der Waals surface area contributed by atoms with Crippen LogP contribution in [0, 0.1) is 6.92 Å². The Morgan fingerprint density at radius 2 is 1.83 bits per heavy atom. The molecule has 0 spiro atoms. The Labute approximate surface area is 184 Å². The molecule has 1 amide bonds. The maximum Gasteiger partial charge on any atom is 0.232 e. The lowest BCUT2D eigenvalue weighted by atomic mass is 10.2. The molecule has 6 nitrogen and oxygen atoms in total. The first-order valence-electron chi connectivity index (χ1n) is 9.83. The molecule has 0 saturated heterocycles. The van der Waals surface area contributed by atoms with E-state index in [9.17, 15) is 13.2 Å². The van der Waals surface area contributed by atoms with Crippen molar-refractivity contribution in [2.75, 3.05) is 17.1 Å². The second kappa shape index (κ2) is 10.7. The van der Waals surface area contributed by atoms with Crippen LogP contribution >= 0.6 is 11.6 Å². The number of hydrogen-bond acceptors (Lipinski definition) is 4. The molecule has 2 rings (SSSR count). The Bertz CT molecular complexity index is 960. The lowest BCUT2D eigenvalue weighted by molar-refractivity contribution is -0.121. The third kappa shape index (κ3) is 7.22. The van der Waals surface area contributed by atoms with E-state index in [1.54, 1.807) is 25.1 Å². The van der Waals surface area contributed by atoms with Crippen LogP contribution in [0.4, 0.5) is 5.69 Å². The molecule has 0 bridgehead atoms. The molecule has 2 aromatic carbocycles. The molecule has 0 aromatic heterocycles. The molecule has 1 N–H and O–H groups in total. The molecular weight excluding hydrogens is 424 g/mol. The molecular formula is C22H29ClN2O4S. The van der Waals surface area contributed by atoms with Crippen molar-refractivity contribution in [2.24, 2.45) is 0 Å². The zero-order valence-electron chi connectivity index (χ0n) is 17.8. The van der Waals surface area contributed by atoms with Crippen molar-refractivity contribution in [1.82, 2.24) is 5.32 Å². The van der Waals surface area contributed by atoms with Gasteiger partial charge in [0, 0.05) is 24.5 Å². The van der Waals surface area contributed by atoms with Gasteiger partial charge in [0.15, 0.2) is 0 Å². The predicted octanol–water partition coefficient (Wildman–Crippen LogP) is 4.30. The quantitative estimate of drug-likeness (QED) is 0.583. The highest BCUT2D eigenvalue weighted by Crippen LogP contribution is 2.28. The molecule has 0 heterocycles. The molecule has 0 aliphatic rings. The Morgan fingerprint density at radius 3 is 2.43 bits per heavy atom. The number of nitrogens with zero attached hydrogens (tertiary/aromatic N) is 1. The van der Waals surface area contributed by atoms with Crippen molar-refractivity contribution in [3.63, 3.8) is 0 Å². The van der Waals surface area contributed by atoms with Gasteiger partial charge in [-0.25, -0.2) is 8.42 Å². The maximum absolute atomic E-state index is 12.2. The average molecular weight is 453 g/mol. The predicted molar refractivity (Wildman–Crippen MR) is 122 cm³/mol. The number of halogens is 1. The third-order valence-electron chi connectivity index (χ3n) is 4.46. The second-order valence-electron chi connectivity index (χ2n) is 7.41. The third-order valence-corrected chi connectivity index (χ3v) is 6.05. The van der Waals surface area contributed by atoms with Gasteiger partial charge in [-0.3, -0.25) is 9.10 Å². The molecule has 164 valence electrons. The van der Waals surface area contributed by atoms with Gasteiger partial charge in [0.1, 0.15) is 5.75 Å². The van der Waals surface area contributed by atoms with E-state index >= 15 is 0 Å². The van der Waals surface area contributed by atoms with E-state index < -0.39 is 10.0 Å². The van der Waals surface area contributed by atoms with E-state index in [2.05, 4.69) is 5.32 Å². The number of anilines is 1. The van der Waals surface area contributed by atoms with Gasteiger partial charge in [0.05, 0.1) is 18.0 Å². The number of sulfonamides is 1. The zero-order chi connectivity index (χ0) is 22.3. The van der Waals surface area contributed by atoms with Crippen LogP contribution < -0.4 is 14.4 Å². The van der Waals surface area contributed by atoms with Crippen molar-refractivity contribution < 1.29 is 17.9 Å². The molecule has 0 atom stereocenters. The Balaban J connectivity index is 1.88. The van der Waals surface area contributed by atoms with Crippen LogP contribution in [0.1, 0.15) is 37.8 Å². The van der Waals surface area contributed by atoms with Gasteiger partial charge < -0.3 is 10.1 Å². The summed E-state index contributed by atoms with van der Waals surface area (Å²) in [6.45, 7) is 6.32. The summed E-state index contributed by atoms with van der Waals surface area (Å²) >= 11 is 6.13. The second-order valence-corrected chi connectivity index (χ2v) is 9.72. The molecule has 8 heteroatoms. The molecule has 2 aromatic rings. The topological polar surface area (TPSA) is 75.7 Å². The summed E-state index contributed by atoms with van der Waals surface area (Å²) in [5, 5.41) is 3.37. The number of rotatable bonds is 10. The van der Waals surface area contributed by atoms with E-state index in [0.717, 1.165) is 17.6 Å². The van der Waals surface area contributed by atoms with Crippen LogP contribution in [0.5, 0.6) is 5.75 Å². The van der Waals surface area contributed by atoms with Gasteiger partial charge in [-0.15, -0.1) is 0 Å². The van der Waals surface area contributed by atoms with Crippen LogP contribution in [-0.4, -0.2) is 33.2 Å². The first-order chi connectivity index (χ1) is 14.1. The minimum absolute atomic E-state index is 0.109. The number of carbonyl (C=O) groups is 1. The van der Waals surface area contributed by atoms with Gasteiger partial charge in [0.25, 0.3) is 0 Å². The molecule has 0 radical (unpaired) electrons. The summed E-state index contributed by atoms with van der Waals surface area (Å²) in [4.78, 5) is 12.2. The van der Waals surface area contributed by atoms with E-state index in [0.29, 0.717) is 29.2 Å². The Morgan fingerprint density at radius 1 is 1.17 bits per heavy atom. The average Bonchev–Trinajstić information content (AvgIpc) is 2.66. The van der Waals surface area contributed by atoms with Gasteiger partial charge in [-0.2, -0.15) is 0 Å². The highest BCUT2D eigenvalue weighted by atomic mass is 35.5. The Hall–Kier alpha value is -2.25. The maximum atomic E-state index is 12.2. The first-order valence-corrected chi connectivity index (χ1v) is 12.1. The van der Waals surface area contributed by atoms with Crippen molar-refractivity contribution in [3.8, 4) is 5.75 Å². The van der Waals surface area contributed by atoms with Gasteiger partial charge in [-0.05, 0) is 62.6 Å². The van der Waals surface area contributed by atoms with Crippen molar-refractivity contribution in [3.05, 3.63) is 58.6 Å². The molecule has 0 aliphatic carbocycles. The normalized spacial score (nSPS) is 11.4. The van der Waals surface area contributed by atoms with Gasteiger partial charge >= 0.3 is 0 Å². The van der Waals surface area contributed by atoms with Crippen LogP contribution in [-0.2, 0) is 21.4 Å². The van der Waals surface area contributed by atoms with Crippen molar-refractivity contribution >= 4 is 33.2 Å². The number of ether oxygens (including phenoxy) is 1. The monoisotopic (exact) mass is 452 g/mol. The number of hydrogen-bond donors (Lipinski definition) is 1. The van der Waals surface area contributed by atoms with Crippen LogP contribution in [0.15, 0.2) is 42.5 Å². The number of benzene rings is 2. The lowest BCUT2D eigenvalue weighted by Crippen LogP contribution is -2.32. The minimum atomic E-state index is -3.49. The number of nitrogens with one attached hydrogen (secondary N) is 1. The van der Waals surface area contributed by atoms with E-state index in [1.165, 1.54) is 4.31 Å². The van der Waals surface area contributed by atoms with E-state index in [4.69, 9.17) is 16.3 Å². The highest BCUT2D eigenvalue weighted by Gasteiger charge is 2.20. The fourth-order valence-electron chi connectivity index (χ4n) is 2.96. The Kier molecular flexibility index (Phi) is 8.55. The SMILES string of the molecule is Cc1c(Cl)cccc1N(CCCC(=O)NCc1ccc(OC(C)C)cc1)S(C)(=O)=O. The van der Waals surface area contributed by atoms with E-state index in [-0.39, 0.29) is 25.0 Å². The highest BCUT2D eigenvalue weighted by molar-refractivity contribution is 7.92. The van der Waals surface area contributed by atoms with Gasteiger partial charge in [0.2, 0.25) is 15.9 Å². The molecule has 30 heavy (non-hydrogen) atoms. The lowest BCUT2D eigenvalue weighted by Gasteiger charge is -2.24. The fourth-order valence-corrected chi connectivity index (χ4v) is 4.15. The summed E-state index contributed by atoms with van der Waals surface area (Å²) in [5.74, 6) is 0.658. The minimum Gasteiger partial charge on any atom is -0.491 e.